The molecule has 0 aliphatic carbocycles. The predicted octanol–water partition coefficient (Wildman–Crippen LogP) is 1.69. The van der Waals surface area contributed by atoms with E-state index in [4.69, 9.17) is 10.5 Å². The molecule has 1 aromatic carbocycles. The van der Waals surface area contributed by atoms with Crippen molar-refractivity contribution in [1.29, 1.82) is 0 Å². The third-order valence-electron chi connectivity index (χ3n) is 2.55. The third kappa shape index (κ3) is 3.14. The molecule has 0 radical (unpaired) electrons. The van der Waals surface area contributed by atoms with E-state index >= 15 is 0 Å². The molecule has 102 valence electrons. The van der Waals surface area contributed by atoms with Crippen LogP contribution in [-0.4, -0.2) is 20.3 Å². The molecule has 0 unspecified atom stereocenters. The Balaban J connectivity index is 3.13. The van der Waals surface area contributed by atoms with Crippen LogP contribution in [0, 0.1) is 0 Å². The lowest BCUT2D eigenvalue weighted by Gasteiger charge is -2.21. The predicted molar refractivity (Wildman–Crippen MR) is 73.2 cm³/mol. The average Bonchev–Trinajstić information content (AvgIpc) is 2.27. The van der Waals surface area contributed by atoms with Gasteiger partial charge in [-0.3, -0.25) is 4.72 Å². The second kappa shape index (κ2) is 5.16. The Morgan fingerprint density at radius 1 is 1.33 bits per heavy atom. The van der Waals surface area contributed by atoms with Crippen LogP contribution in [0.1, 0.15) is 26.3 Å². The molecule has 0 bridgehead atoms. The first kappa shape index (κ1) is 14.8. The second-order valence-corrected chi connectivity index (χ2v) is 7.39. The summed E-state index contributed by atoms with van der Waals surface area (Å²) in [5.74, 6) is 0.464. The lowest BCUT2D eigenvalue weighted by Crippen LogP contribution is -2.33. The highest BCUT2D eigenvalue weighted by molar-refractivity contribution is 7.94. The van der Waals surface area contributed by atoms with Crippen LogP contribution in [0.15, 0.2) is 18.2 Å². The van der Waals surface area contributed by atoms with Crippen LogP contribution < -0.4 is 15.2 Å². The number of benzene rings is 1. The van der Waals surface area contributed by atoms with Gasteiger partial charge < -0.3 is 10.5 Å². The number of hydrogen-bond acceptors (Lipinski definition) is 4. The van der Waals surface area contributed by atoms with Crippen molar-refractivity contribution in [2.75, 3.05) is 11.8 Å². The minimum atomic E-state index is -3.46. The number of anilines is 1. The van der Waals surface area contributed by atoms with Crippen LogP contribution >= 0.6 is 0 Å². The third-order valence-corrected chi connectivity index (χ3v) is 4.65. The Bertz CT molecular complexity index is 519. The number of sulfonamides is 1. The van der Waals surface area contributed by atoms with E-state index in [9.17, 15) is 8.42 Å². The molecule has 0 saturated carbocycles. The number of hydrogen-bond donors (Lipinski definition) is 2. The van der Waals surface area contributed by atoms with Crippen LogP contribution in [0.4, 0.5) is 5.69 Å². The number of ether oxygens (including phenoxy) is 1. The fourth-order valence-electron chi connectivity index (χ4n) is 1.24. The Morgan fingerprint density at radius 2 is 1.94 bits per heavy atom. The van der Waals surface area contributed by atoms with Crippen LogP contribution in [0.25, 0.3) is 0 Å². The van der Waals surface area contributed by atoms with Gasteiger partial charge in [-0.05, 0) is 38.5 Å². The summed E-state index contributed by atoms with van der Waals surface area (Å²) in [6, 6.07) is 5.15. The largest absolute Gasteiger partial charge is 0.495 e. The molecule has 1 aromatic rings. The van der Waals surface area contributed by atoms with E-state index in [1.54, 1.807) is 39.0 Å². The molecule has 0 fully saturated rings. The van der Waals surface area contributed by atoms with E-state index in [0.29, 0.717) is 18.0 Å². The summed E-state index contributed by atoms with van der Waals surface area (Å²) in [7, 11) is -1.97. The molecule has 5 nitrogen and oxygen atoms in total. The summed E-state index contributed by atoms with van der Waals surface area (Å²) in [5, 5.41) is 0. The Morgan fingerprint density at radius 3 is 2.39 bits per heavy atom. The number of nitrogens with one attached hydrogen (secondary N) is 1. The van der Waals surface area contributed by atoms with Gasteiger partial charge in [-0.1, -0.05) is 6.07 Å². The fraction of sp³-hybridized carbons (Fsp3) is 0.500. The van der Waals surface area contributed by atoms with Gasteiger partial charge in [0.15, 0.2) is 0 Å². The monoisotopic (exact) mass is 272 g/mol. The van der Waals surface area contributed by atoms with Crippen molar-refractivity contribution in [2.24, 2.45) is 5.73 Å². The fourth-order valence-corrected chi connectivity index (χ4v) is 2.01. The summed E-state index contributed by atoms with van der Waals surface area (Å²) in [6.45, 7) is 5.28. The first-order valence-corrected chi connectivity index (χ1v) is 7.09. The zero-order valence-corrected chi connectivity index (χ0v) is 12.0. The van der Waals surface area contributed by atoms with Crippen LogP contribution in [0.2, 0.25) is 0 Å². The molecule has 0 heterocycles. The highest BCUT2D eigenvalue weighted by Gasteiger charge is 2.29. The molecule has 18 heavy (non-hydrogen) atoms. The number of nitrogens with two attached hydrogens (primary N) is 1. The highest BCUT2D eigenvalue weighted by Crippen LogP contribution is 2.28. The van der Waals surface area contributed by atoms with Crippen LogP contribution in [0.3, 0.4) is 0 Å². The lowest BCUT2D eigenvalue weighted by atomic mass is 10.2. The Kier molecular flexibility index (Phi) is 4.24. The molecule has 1 rings (SSSR count). The van der Waals surface area contributed by atoms with E-state index in [1.165, 1.54) is 7.11 Å². The topological polar surface area (TPSA) is 81.4 Å². The van der Waals surface area contributed by atoms with Gasteiger partial charge in [-0.2, -0.15) is 0 Å². The van der Waals surface area contributed by atoms with Crippen molar-refractivity contribution in [3.63, 3.8) is 0 Å². The molecule has 0 spiro atoms. The van der Waals surface area contributed by atoms with Crippen LogP contribution in [0.5, 0.6) is 5.75 Å². The van der Waals surface area contributed by atoms with Gasteiger partial charge in [-0.15, -0.1) is 0 Å². The van der Waals surface area contributed by atoms with Gasteiger partial charge >= 0.3 is 0 Å². The summed E-state index contributed by atoms with van der Waals surface area (Å²) >= 11 is 0. The summed E-state index contributed by atoms with van der Waals surface area (Å²) in [4.78, 5) is 0. The molecule has 3 N–H and O–H groups in total. The Hall–Kier alpha value is -1.27. The maximum atomic E-state index is 12.1. The smallest absolute Gasteiger partial charge is 0.237 e. The van der Waals surface area contributed by atoms with Crippen molar-refractivity contribution < 1.29 is 13.2 Å². The van der Waals surface area contributed by atoms with Gasteiger partial charge in [0.2, 0.25) is 10.0 Å². The summed E-state index contributed by atoms with van der Waals surface area (Å²) < 4.78 is 30.9. The van der Waals surface area contributed by atoms with Crippen molar-refractivity contribution in [3.8, 4) is 5.75 Å². The molecule has 0 saturated heterocycles. The SMILES string of the molecule is COc1cc(CN)ccc1NS(=O)(=O)C(C)(C)C. The molecule has 0 aliphatic rings. The van der Waals surface area contributed by atoms with E-state index in [0.717, 1.165) is 5.56 Å². The molecule has 0 aliphatic heterocycles. The minimum absolute atomic E-state index is 0.378. The highest BCUT2D eigenvalue weighted by atomic mass is 32.2. The quantitative estimate of drug-likeness (QED) is 0.874. The molecular formula is C12H20N2O3S. The second-order valence-electron chi connectivity index (χ2n) is 4.96. The van der Waals surface area contributed by atoms with Crippen molar-refractivity contribution in [3.05, 3.63) is 23.8 Å². The normalized spacial score (nSPS) is 12.3. The molecule has 0 atom stereocenters. The molecule has 0 amide bonds. The molecular weight excluding hydrogens is 252 g/mol. The number of rotatable bonds is 4. The maximum Gasteiger partial charge on any atom is 0.237 e. The first-order chi connectivity index (χ1) is 8.21. The van der Waals surface area contributed by atoms with Gasteiger partial charge in [0, 0.05) is 6.54 Å². The number of methoxy groups -OCH3 is 1. The van der Waals surface area contributed by atoms with E-state index < -0.39 is 14.8 Å². The minimum Gasteiger partial charge on any atom is -0.495 e. The molecule has 0 aromatic heterocycles. The van der Waals surface area contributed by atoms with Crippen LogP contribution in [-0.2, 0) is 16.6 Å². The van der Waals surface area contributed by atoms with Gasteiger partial charge in [0.1, 0.15) is 5.75 Å². The van der Waals surface area contributed by atoms with E-state index in [-0.39, 0.29) is 0 Å². The lowest BCUT2D eigenvalue weighted by molar-refractivity contribution is 0.416. The zero-order chi connectivity index (χ0) is 14.0. The van der Waals surface area contributed by atoms with Gasteiger partial charge in [-0.25, -0.2) is 8.42 Å². The van der Waals surface area contributed by atoms with Gasteiger partial charge in [0.25, 0.3) is 0 Å². The average molecular weight is 272 g/mol. The first-order valence-electron chi connectivity index (χ1n) is 5.60. The maximum absolute atomic E-state index is 12.1. The van der Waals surface area contributed by atoms with Crippen molar-refractivity contribution in [1.82, 2.24) is 0 Å². The van der Waals surface area contributed by atoms with Gasteiger partial charge in [0.05, 0.1) is 17.5 Å². The van der Waals surface area contributed by atoms with Crippen molar-refractivity contribution >= 4 is 15.7 Å². The molecule has 6 heteroatoms. The summed E-state index contributed by atoms with van der Waals surface area (Å²) in [5.41, 5.74) is 6.83. The zero-order valence-electron chi connectivity index (χ0n) is 11.1. The summed E-state index contributed by atoms with van der Waals surface area (Å²) in [6.07, 6.45) is 0. The standard InChI is InChI=1S/C12H20N2O3S/c1-12(2,3)18(15,16)14-10-6-5-9(8-13)7-11(10)17-4/h5-7,14H,8,13H2,1-4H3. The van der Waals surface area contributed by atoms with Crippen molar-refractivity contribution in [2.45, 2.75) is 32.1 Å². The van der Waals surface area contributed by atoms with E-state index in [2.05, 4.69) is 4.72 Å². The Labute approximate surface area is 108 Å². The van der Waals surface area contributed by atoms with E-state index in [1.807, 2.05) is 0 Å².